The van der Waals surface area contributed by atoms with Crippen molar-refractivity contribution in [1.82, 2.24) is 20.3 Å². The van der Waals surface area contributed by atoms with Gasteiger partial charge in [0.1, 0.15) is 6.54 Å². The summed E-state index contributed by atoms with van der Waals surface area (Å²) in [6.45, 7) is 2.19. The van der Waals surface area contributed by atoms with Gasteiger partial charge in [0.25, 0.3) is 0 Å². The van der Waals surface area contributed by atoms with Crippen LogP contribution in [0.15, 0.2) is 30.5 Å². The molecule has 0 saturated heterocycles. The highest BCUT2D eigenvalue weighted by molar-refractivity contribution is 5.95. The molecule has 0 atom stereocenters. The maximum Gasteiger partial charge on any atom is 0.246 e. The van der Waals surface area contributed by atoms with Crippen molar-refractivity contribution in [2.24, 2.45) is 0 Å². The van der Waals surface area contributed by atoms with E-state index < -0.39 is 0 Å². The van der Waals surface area contributed by atoms with Crippen LogP contribution in [0.1, 0.15) is 23.0 Å². The molecular formula is C14H17N5O2. The van der Waals surface area contributed by atoms with Crippen molar-refractivity contribution >= 4 is 17.4 Å². The SMILES string of the molecule is CNCc1cn(CC(=O)Nc2ccc(C(C)=O)cc2)nn1. The van der Waals surface area contributed by atoms with E-state index >= 15 is 0 Å². The van der Waals surface area contributed by atoms with E-state index in [4.69, 9.17) is 0 Å². The van der Waals surface area contributed by atoms with Crippen molar-refractivity contribution in [3.05, 3.63) is 41.7 Å². The Morgan fingerprint density at radius 2 is 1.95 bits per heavy atom. The summed E-state index contributed by atoms with van der Waals surface area (Å²) in [7, 11) is 1.82. The second-order valence-corrected chi connectivity index (χ2v) is 4.62. The minimum Gasteiger partial charge on any atom is -0.324 e. The van der Waals surface area contributed by atoms with E-state index in [1.807, 2.05) is 7.05 Å². The van der Waals surface area contributed by atoms with Gasteiger partial charge in [-0.25, -0.2) is 4.68 Å². The largest absolute Gasteiger partial charge is 0.324 e. The van der Waals surface area contributed by atoms with E-state index in [0.717, 1.165) is 5.69 Å². The summed E-state index contributed by atoms with van der Waals surface area (Å²) in [4.78, 5) is 23.1. The van der Waals surface area contributed by atoms with Gasteiger partial charge in [0.2, 0.25) is 5.91 Å². The number of rotatable bonds is 6. The molecular weight excluding hydrogens is 270 g/mol. The molecule has 2 aromatic rings. The number of carbonyl (C=O) groups is 2. The molecule has 7 heteroatoms. The van der Waals surface area contributed by atoms with Crippen LogP contribution in [0.5, 0.6) is 0 Å². The number of benzene rings is 1. The molecule has 21 heavy (non-hydrogen) atoms. The Labute approximate surface area is 122 Å². The number of amides is 1. The van der Waals surface area contributed by atoms with E-state index in [-0.39, 0.29) is 18.2 Å². The average molecular weight is 287 g/mol. The van der Waals surface area contributed by atoms with Gasteiger partial charge in [-0.1, -0.05) is 5.21 Å². The lowest BCUT2D eigenvalue weighted by atomic mass is 10.1. The summed E-state index contributed by atoms with van der Waals surface area (Å²) >= 11 is 0. The minimum atomic E-state index is -0.202. The molecule has 1 heterocycles. The van der Waals surface area contributed by atoms with Gasteiger partial charge in [-0.3, -0.25) is 9.59 Å². The van der Waals surface area contributed by atoms with E-state index in [9.17, 15) is 9.59 Å². The quantitative estimate of drug-likeness (QED) is 0.768. The highest BCUT2D eigenvalue weighted by Gasteiger charge is 2.07. The molecule has 0 fully saturated rings. The third-order valence-corrected chi connectivity index (χ3v) is 2.82. The predicted octanol–water partition coefficient (Wildman–Crippen LogP) is 0.839. The number of hydrogen-bond donors (Lipinski definition) is 2. The van der Waals surface area contributed by atoms with Gasteiger partial charge in [-0.15, -0.1) is 5.10 Å². The Bertz CT molecular complexity index is 633. The molecule has 1 aromatic heterocycles. The van der Waals surface area contributed by atoms with Gasteiger partial charge in [0.15, 0.2) is 5.78 Å². The van der Waals surface area contributed by atoms with Crippen LogP contribution in [0.2, 0.25) is 0 Å². The fraction of sp³-hybridized carbons (Fsp3) is 0.286. The highest BCUT2D eigenvalue weighted by atomic mass is 16.2. The highest BCUT2D eigenvalue weighted by Crippen LogP contribution is 2.10. The molecule has 0 aliphatic carbocycles. The number of aromatic nitrogens is 3. The topological polar surface area (TPSA) is 88.9 Å². The van der Waals surface area contributed by atoms with E-state index in [2.05, 4.69) is 20.9 Å². The number of Topliss-reactive ketones (excluding diaryl/α,β-unsaturated/α-hetero) is 1. The van der Waals surface area contributed by atoms with Crippen molar-refractivity contribution in [2.75, 3.05) is 12.4 Å². The Hall–Kier alpha value is -2.54. The Balaban J connectivity index is 1.92. The first kappa shape index (κ1) is 14.9. The number of ketones is 1. The molecule has 110 valence electrons. The minimum absolute atomic E-state index is 0.00689. The second-order valence-electron chi connectivity index (χ2n) is 4.62. The molecule has 2 N–H and O–H groups in total. The van der Waals surface area contributed by atoms with Crippen molar-refractivity contribution in [3.8, 4) is 0 Å². The molecule has 2 rings (SSSR count). The monoisotopic (exact) mass is 287 g/mol. The number of nitrogens with one attached hydrogen (secondary N) is 2. The molecule has 1 aromatic carbocycles. The van der Waals surface area contributed by atoms with Crippen LogP contribution in [0.4, 0.5) is 5.69 Å². The maximum absolute atomic E-state index is 11.9. The van der Waals surface area contributed by atoms with E-state index in [1.165, 1.54) is 11.6 Å². The lowest BCUT2D eigenvalue weighted by Gasteiger charge is -2.05. The predicted molar refractivity (Wildman–Crippen MR) is 77.9 cm³/mol. The van der Waals surface area contributed by atoms with Crippen LogP contribution in [0, 0.1) is 0 Å². The lowest BCUT2D eigenvalue weighted by Crippen LogP contribution is -2.19. The fourth-order valence-corrected chi connectivity index (χ4v) is 1.81. The summed E-state index contributed by atoms with van der Waals surface area (Å²) in [5.41, 5.74) is 2.03. The molecule has 0 aliphatic heterocycles. The third-order valence-electron chi connectivity index (χ3n) is 2.82. The molecule has 0 saturated carbocycles. The number of hydrogen-bond acceptors (Lipinski definition) is 5. The van der Waals surface area contributed by atoms with Crippen LogP contribution >= 0.6 is 0 Å². The van der Waals surface area contributed by atoms with E-state index in [0.29, 0.717) is 17.8 Å². The van der Waals surface area contributed by atoms with Gasteiger partial charge >= 0.3 is 0 Å². The van der Waals surface area contributed by atoms with Crippen molar-refractivity contribution in [1.29, 1.82) is 0 Å². The summed E-state index contributed by atoms with van der Waals surface area (Å²) in [5, 5.41) is 13.5. The zero-order valence-electron chi connectivity index (χ0n) is 12.0. The van der Waals surface area contributed by atoms with Gasteiger partial charge in [-0.05, 0) is 38.2 Å². The summed E-state index contributed by atoms with van der Waals surface area (Å²) in [6, 6.07) is 6.75. The molecule has 0 bridgehead atoms. The second kappa shape index (κ2) is 6.76. The standard InChI is InChI=1S/C14H17N5O2/c1-10(20)11-3-5-12(6-4-11)16-14(21)9-19-8-13(7-15-2)17-18-19/h3-6,8,15H,7,9H2,1-2H3,(H,16,21). The first-order valence-corrected chi connectivity index (χ1v) is 6.53. The van der Waals surface area contributed by atoms with Crippen molar-refractivity contribution < 1.29 is 9.59 Å². The molecule has 1 amide bonds. The van der Waals surface area contributed by atoms with Gasteiger partial charge < -0.3 is 10.6 Å². The van der Waals surface area contributed by atoms with Crippen LogP contribution in [-0.2, 0) is 17.9 Å². The van der Waals surface area contributed by atoms with Gasteiger partial charge in [-0.2, -0.15) is 0 Å². The maximum atomic E-state index is 11.9. The van der Waals surface area contributed by atoms with Crippen LogP contribution in [0.25, 0.3) is 0 Å². The normalized spacial score (nSPS) is 10.4. The van der Waals surface area contributed by atoms with Gasteiger partial charge in [0.05, 0.1) is 11.9 Å². The molecule has 7 nitrogen and oxygen atoms in total. The Morgan fingerprint density at radius 3 is 2.57 bits per heavy atom. The lowest BCUT2D eigenvalue weighted by molar-refractivity contribution is -0.116. The summed E-state index contributed by atoms with van der Waals surface area (Å²) < 4.78 is 1.48. The molecule has 0 spiro atoms. The summed E-state index contributed by atoms with van der Waals surface area (Å²) in [5.74, 6) is -0.209. The number of nitrogens with zero attached hydrogens (tertiary/aromatic N) is 3. The van der Waals surface area contributed by atoms with Crippen LogP contribution < -0.4 is 10.6 Å². The summed E-state index contributed by atoms with van der Waals surface area (Å²) in [6.07, 6.45) is 1.72. The number of anilines is 1. The Morgan fingerprint density at radius 1 is 1.24 bits per heavy atom. The first-order valence-electron chi connectivity index (χ1n) is 6.53. The van der Waals surface area contributed by atoms with Crippen LogP contribution in [-0.4, -0.2) is 33.7 Å². The zero-order valence-corrected chi connectivity index (χ0v) is 12.0. The van der Waals surface area contributed by atoms with Crippen molar-refractivity contribution in [3.63, 3.8) is 0 Å². The fourth-order valence-electron chi connectivity index (χ4n) is 1.81. The van der Waals surface area contributed by atoms with Crippen LogP contribution in [0.3, 0.4) is 0 Å². The molecule has 0 aliphatic rings. The zero-order chi connectivity index (χ0) is 15.2. The number of carbonyl (C=O) groups excluding carboxylic acids is 2. The third kappa shape index (κ3) is 4.22. The molecule has 0 radical (unpaired) electrons. The van der Waals surface area contributed by atoms with Crippen molar-refractivity contribution in [2.45, 2.75) is 20.0 Å². The smallest absolute Gasteiger partial charge is 0.246 e. The first-order chi connectivity index (χ1) is 10.1. The average Bonchev–Trinajstić information content (AvgIpc) is 2.87. The van der Waals surface area contributed by atoms with Gasteiger partial charge in [0, 0.05) is 17.8 Å². The van der Waals surface area contributed by atoms with E-state index in [1.54, 1.807) is 30.5 Å². The Kier molecular flexibility index (Phi) is 4.78. The molecule has 0 unspecified atom stereocenters.